The smallest absolute Gasteiger partial charge is 0.232 e. The number of nitrogens with one attached hydrogen (secondary N) is 2. The Hall–Kier alpha value is -2.27. The van der Waals surface area contributed by atoms with Crippen LogP contribution in [0.1, 0.15) is 26.3 Å². The van der Waals surface area contributed by atoms with Gasteiger partial charge < -0.3 is 0 Å². The molecule has 4 nitrogen and oxygen atoms in total. The van der Waals surface area contributed by atoms with E-state index in [1.165, 1.54) is 5.56 Å². The lowest BCUT2D eigenvalue weighted by molar-refractivity contribution is 0.411. The van der Waals surface area contributed by atoms with Crippen molar-refractivity contribution in [2.75, 3.05) is 5.43 Å². The second-order valence-corrected chi connectivity index (χ2v) is 6.92. The van der Waals surface area contributed by atoms with Crippen LogP contribution in [-0.2, 0) is 6.42 Å². The first-order valence-electron chi connectivity index (χ1n) is 7.54. The molecular formula is C18H22N4S. The summed E-state index contributed by atoms with van der Waals surface area (Å²) in [5.41, 5.74) is 9.02. The summed E-state index contributed by atoms with van der Waals surface area (Å²) >= 11 is 5.14. The molecule has 0 saturated carbocycles. The number of nitrogens with zero attached hydrogens (tertiary/aromatic N) is 2. The number of benzene rings is 2. The number of para-hydroxylation sites is 1. The van der Waals surface area contributed by atoms with Crippen LogP contribution in [0.2, 0.25) is 0 Å². The Bertz CT molecular complexity index is 675. The Morgan fingerprint density at radius 3 is 2.48 bits per heavy atom. The molecule has 0 spiro atoms. The van der Waals surface area contributed by atoms with Gasteiger partial charge in [0.1, 0.15) is 0 Å². The molecule has 0 heterocycles. The topological polar surface area (TPSA) is 48.8 Å². The van der Waals surface area contributed by atoms with Crippen LogP contribution in [0.3, 0.4) is 0 Å². The van der Waals surface area contributed by atoms with Crippen molar-refractivity contribution in [2.45, 2.75) is 27.2 Å². The van der Waals surface area contributed by atoms with Crippen molar-refractivity contribution in [1.82, 2.24) is 5.43 Å². The highest BCUT2D eigenvalue weighted by Gasteiger charge is 2.11. The lowest BCUT2D eigenvalue weighted by Gasteiger charge is -2.17. The lowest BCUT2D eigenvalue weighted by Crippen LogP contribution is -2.25. The fourth-order valence-corrected chi connectivity index (χ4v) is 2.21. The van der Waals surface area contributed by atoms with E-state index in [0.29, 0.717) is 0 Å². The molecule has 0 aliphatic heterocycles. The monoisotopic (exact) mass is 326 g/mol. The van der Waals surface area contributed by atoms with Crippen molar-refractivity contribution in [3.63, 3.8) is 0 Å². The molecule has 0 radical (unpaired) electrons. The molecule has 0 aliphatic rings. The van der Waals surface area contributed by atoms with Crippen molar-refractivity contribution >= 4 is 28.7 Å². The highest BCUT2D eigenvalue weighted by molar-refractivity contribution is 7.80. The predicted molar refractivity (Wildman–Crippen MR) is 99.9 cm³/mol. The molecule has 5 heteroatoms. The third-order valence-corrected chi connectivity index (χ3v) is 3.17. The van der Waals surface area contributed by atoms with Gasteiger partial charge in [-0.2, -0.15) is 0 Å². The third kappa shape index (κ3) is 6.57. The third-order valence-electron chi connectivity index (χ3n) is 2.99. The molecule has 0 aromatic heterocycles. The van der Waals surface area contributed by atoms with Gasteiger partial charge in [-0.05, 0) is 53.9 Å². The number of anilines is 1. The van der Waals surface area contributed by atoms with Gasteiger partial charge in [0.2, 0.25) is 5.11 Å². The quantitative estimate of drug-likeness (QED) is 0.458. The SMILES string of the molecule is CC(C)(C)Cc1cccc(/N=N/C(=S)NNc2ccccc2)c1. The van der Waals surface area contributed by atoms with E-state index in [2.05, 4.69) is 47.9 Å². The van der Waals surface area contributed by atoms with Crippen LogP contribution < -0.4 is 10.9 Å². The number of hydrogen-bond donors (Lipinski definition) is 2. The summed E-state index contributed by atoms with van der Waals surface area (Å²) in [6, 6.07) is 17.8. The first-order chi connectivity index (χ1) is 10.9. The molecule has 2 aromatic rings. The molecular weight excluding hydrogens is 304 g/mol. The van der Waals surface area contributed by atoms with Crippen LogP contribution in [0.4, 0.5) is 11.4 Å². The van der Waals surface area contributed by atoms with Crippen molar-refractivity contribution in [1.29, 1.82) is 0 Å². The zero-order valence-corrected chi connectivity index (χ0v) is 14.5. The number of hydrazine groups is 1. The van der Waals surface area contributed by atoms with Gasteiger partial charge in [-0.3, -0.25) is 10.9 Å². The van der Waals surface area contributed by atoms with E-state index in [9.17, 15) is 0 Å². The molecule has 0 unspecified atom stereocenters. The van der Waals surface area contributed by atoms with Crippen molar-refractivity contribution in [3.8, 4) is 0 Å². The Morgan fingerprint density at radius 2 is 1.78 bits per heavy atom. The largest absolute Gasteiger partial charge is 0.299 e. The van der Waals surface area contributed by atoms with Crippen molar-refractivity contribution < 1.29 is 0 Å². The minimum atomic E-state index is 0.242. The molecule has 0 fully saturated rings. The van der Waals surface area contributed by atoms with Gasteiger partial charge in [0.15, 0.2) is 0 Å². The van der Waals surface area contributed by atoms with Gasteiger partial charge in [0.05, 0.1) is 11.4 Å². The van der Waals surface area contributed by atoms with Crippen molar-refractivity contribution in [2.24, 2.45) is 15.6 Å². The zero-order valence-electron chi connectivity index (χ0n) is 13.7. The molecule has 0 aliphatic carbocycles. The maximum Gasteiger partial charge on any atom is 0.232 e. The van der Waals surface area contributed by atoms with Crippen molar-refractivity contribution in [3.05, 3.63) is 60.2 Å². The predicted octanol–water partition coefficient (Wildman–Crippen LogP) is 5.26. The lowest BCUT2D eigenvalue weighted by atomic mass is 9.88. The van der Waals surface area contributed by atoms with E-state index in [4.69, 9.17) is 12.2 Å². The van der Waals surface area contributed by atoms with Gasteiger partial charge in [-0.15, -0.1) is 10.2 Å². The molecule has 0 atom stereocenters. The molecule has 2 N–H and O–H groups in total. The summed E-state index contributed by atoms with van der Waals surface area (Å²) in [5.74, 6) is 0. The number of rotatable bonds is 4. The first-order valence-corrected chi connectivity index (χ1v) is 7.95. The number of hydrogen-bond acceptors (Lipinski definition) is 3. The Labute approximate surface area is 143 Å². The average molecular weight is 326 g/mol. The highest BCUT2D eigenvalue weighted by atomic mass is 32.1. The minimum absolute atomic E-state index is 0.242. The minimum Gasteiger partial charge on any atom is -0.299 e. The Balaban J connectivity index is 1.91. The number of thiocarbonyl (C=S) groups is 1. The molecule has 23 heavy (non-hydrogen) atoms. The van der Waals surface area contributed by atoms with Crippen LogP contribution in [0.15, 0.2) is 64.8 Å². The maximum absolute atomic E-state index is 5.14. The average Bonchev–Trinajstić information content (AvgIpc) is 2.51. The second-order valence-electron chi connectivity index (χ2n) is 6.53. The summed E-state index contributed by atoms with van der Waals surface area (Å²) in [5, 5.41) is 8.51. The molecule has 2 aromatic carbocycles. The van der Waals surface area contributed by atoms with Gasteiger partial charge in [-0.1, -0.05) is 51.1 Å². The molecule has 0 amide bonds. The van der Waals surface area contributed by atoms with Gasteiger partial charge in [0.25, 0.3) is 0 Å². The Morgan fingerprint density at radius 1 is 1.04 bits per heavy atom. The van der Waals surface area contributed by atoms with Crippen LogP contribution in [0.25, 0.3) is 0 Å². The van der Waals surface area contributed by atoms with Gasteiger partial charge in [0, 0.05) is 0 Å². The molecule has 0 bridgehead atoms. The summed E-state index contributed by atoms with van der Waals surface area (Å²) in [4.78, 5) is 0. The normalized spacial score (nSPS) is 11.4. The van der Waals surface area contributed by atoms with E-state index in [1.54, 1.807) is 0 Å². The van der Waals surface area contributed by atoms with E-state index >= 15 is 0 Å². The Kier molecular flexibility index (Phi) is 5.82. The van der Waals surface area contributed by atoms with Gasteiger partial charge in [-0.25, -0.2) is 0 Å². The summed E-state index contributed by atoms with van der Waals surface area (Å²) < 4.78 is 0. The van der Waals surface area contributed by atoms with Crippen LogP contribution >= 0.6 is 12.2 Å². The van der Waals surface area contributed by atoms with E-state index in [0.717, 1.165) is 17.8 Å². The summed E-state index contributed by atoms with van der Waals surface area (Å²) in [6.45, 7) is 6.65. The maximum atomic E-state index is 5.14. The summed E-state index contributed by atoms with van der Waals surface area (Å²) in [7, 11) is 0. The standard InChI is InChI=1S/C18H22N4S/c1-18(2,3)13-14-8-7-11-16(12-14)20-22-17(23)21-19-15-9-5-4-6-10-15/h4-12,19H,13H2,1-3H3,(H,21,23)/b22-20+. The highest BCUT2D eigenvalue weighted by Crippen LogP contribution is 2.23. The fourth-order valence-electron chi connectivity index (χ4n) is 2.12. The second kappa shape index (κ2) is 7.83. The van der Waals surface area contributed by atoms with Crippen LogP contribution in [-0.4, -0.2) is 5.11 Å². The number of azo groups is 1. The molecule has 0 saturated heterocycles. The summed E-state index contributed by atoms with van der Waals surface area (Å²) in [6.07, 6.45) is 0.995. The molecule has 2 rings (SSSR count). The van der Waals surface area contributed by atoms with E-state index < -0.39 is 0 Å². The molecule has 120 valence electrons. The zero-order chi connectivity index (χ0) is 16.7. The first kappa shape index (κ1) is 17.1. The van der Waals surface area contributed by atoms with E-state index in [-0.39, 0.29) is 10.5 Å². The van der Waals surface area contributed by atoms with Crippen LogP contribution in [0, 0.1) is 5.41 Å². The van der Waals surface area contributed by atoms with E-state index in [1.807, 2.05) is 48.5 Å². The van der Waals surface area contributed by atoms with Gasteiger partial charge >= 0.3 is 0 Å². The van der Waals surface area contributed by atoms with Crippen LogP contribution in [0.5, 0.6) is 0 Å². The fraction of sp³-hybridized carbons (Fsp3) is 0.278.